The number of nitrogens with zero attached hydrogens (tertiary/aromatic N) is 2. The molecule has 0 bridgehead atoms. The first kappa shape index (κ1) is 18.0. The van der Waals surface area contributed by atoms with Crippen molar-refractivity contribution >= 4 is 5.91 Å². The molecule has 23 heavy (non-hydrogen) atoms. The topological polar surface area (TPSA) is 49.6 Å². The van der Waals surface area contributed by atoms with Crippen molar-refractivity contribution in [2.24, 2.45) is 11.7 Å². The Labute approximate surface area is 140 Å². The summed E-state index contributed by atoms with van der Waals surface area (Å²) in [6, 6.07) is 10.6. The van der Waals surface area contributed by atoms with Crippen molar-refractivity contribution in [2.45, 2.75) is 58.8 Å². The summed E-state index contributed by atoms with van der Waals surface area (Å²) in [5, 5.41) is 0. The number of nitrogens with two attached hydrogens (primary N) is 1. The van der Waals surface area contributed by atoms with Gasteiger partial charge in [0.2, 0.25) is 5.91 Å². The monoisotopic (exact) mass is 317 g/mol. The van der Waals surface area contributed by atoms with Gasteiger partial charge in [0.15, 0.2) is 0 Å². The summed E-state index contributed by atoms with van der Waals surface area (Å²) in [7, 11) is 0. The van der Waals surface area contributed by atoms with Gasteiger partial charge in [-0.05, 0) is 31.7 Å². The van der Waals surface area contributed by atoms with Gasteiger partial charge < -0.3 is 10.6 Å². The summed E-state index contributed by atoms with van der Waals surface area (Å²) in [5.41, 5.74) is 7.45. The maximum Gasteiger partial charge on any atom is 0.240 e. The molecule has 0 saturated carbocycles. The highest BCUT2D eigenvalue weighted by atomic mass is 16.2. The normalized spacial score (nSPS) is 20.2. The molecule has 4 heteroatoms. The lowest BCUT2D eigenvalue weighted by atomic mass is 10.0. The molecule has 1 aliphatic heterocycles. The molecule has 0 unspecified atom stereocenters. The van der Waals surface area contributed by atoms with E-state index >= 15 is 0 Å². The van der Waals surface area contributed by atoms with Crippen LogP contribution in [0.1, 0.15) is 39.7 Å². The molecule has 2 N–H and O–H groups in total. The minimum atomic E-state index is -0.402. The Balaban J connectivity index is 2.00. The Bertz CT molecular complexity index is 501. The summed E-state index contributed by atoms with van der Waals surface area (Å²) in [6.07, 6.45) is 1.03. The van der Waals surface area contributed by atoms with Crippen LogP contribution in [0.3, 0.4) is 0 Å². The van der Waals surface area contributed by atoms with Crippen molar-refractivity contribution in [2.75, 3.05) is 13.1 Å². The molecule has 0 aliphatic carbocycles. The molecular weight excluding hydrogens is 286 g/mol. The quantitative estimate of drug-likeness (QED) is 0.877. The zero-order valence-electron chi connectivity index (χ0n) is 14.9. The van der Waals surface area contributed by atoms with Crippen LogP contribution in [0.5, 0.6) is 0 Å². The molecule has 0 spiro atoms. The molecular formula is C19H31N3O. The molecule has 1 saturated heterocycles. The lowest BCUT2D eigenvalue weighted by Gasteiger charge is -2.35. The summed E-state index contributed by atoms with van der Waals surface area (Å²) in [6.45, 7) is 11.1. The third-order valence-electron chi connectivity index (χ3n) is 4.70. The van der Waals surface area contributed by atoms with Gasteiger partial charge in [0, 0.05) is 31.7 Å². The Kier molecular flexibility index (Phi) is 6.19. The van der Waals surface area contributed by atoms with Crippen LogP contribution in [-0.2, 0) is 11.3 Å². The number of benzene rings is 1. The predicted octanol–water partition coefficient (Wildman–Crippen LogP) is 2.48. The van der Waals surface area contributed by atoms with Gasteiger partial charge in [-0.3, -0.25) is 9.69 Å². The van der Waals surface area contributed by atoms with Gasteiger partial charge in [-0.1, -0.05) is 44.2 Å². The molecule has 1 aromatic rings. The summed E-state index contributed by atoms with van der Waals surface area (Å²) >= 11 is 0. The molecule has 4 nitrogen and oxygen atoms in total. The van der Waals surface area contributed by atoms with E-state index in [0.717, 1.165) is 26.1 Å². The van der Waals surface area contributed by atoms with Crippen LogP contribution in [0.15, 0.2) is 30.3 Å². The molecule has 1 amide bonds. The van der Waals surface area contributed by atoms with Crippen molar-refractivity contribution in [1.82, 2.24) is 9.80 Å². The molecule has 1 aromatic carbocycles. The van der Waals surface area contributed by atoms with Gasteiger partial charge in [0.05, 0.1) is 6.04 Å². The second kappa shape index (κ2) is 7.93. The Morgan fingerprint density at radius 3 is 2.48 bits per heavy atom. The van der Waals surface area contributed by atoms with Crippen LogP contribution in [-0.4, -0.2) is 46.9 Å². The minimum absolute atomic E-state index is 0.0987. The molecule has 0 radical (unpaired) electrons. The molecule has 1 heterocycles. The number of hydrogen-bond acceptors (Lipinski definition) is 3. The van der Waals surface area contributed by atoms with Crippen molar-refractivity contribution in [3.8, 4) is 0 Å². The number of carbonyl (C=O) groups excluding carboxylic acids is 1. The zero-order valence-corrected chi connectivity index (χ0v) is 14.9. The number of amides is 1. The first-order chi connectivity index (χ1) is 10.9. The van der Waals surface area contributed by atoms with Crippen molar-refractivity contribution in [1.29, 1.82) is 0 Å². The highest BCUT2D eigenvalue weighted by Crippen LogP contribution is 2.21. The van der Waals surface area contributed by atoms with E-state index in [0.29, 0.717) is 0 Å². The van der Waals surface area contributed by atoms with Crippen molar-refractivity contribution in [3.63, 3.8) is 0 Å². The van der Waals surface area contributed by atoms with E-state index in [1.807, 2.05) is 24.8 Å². The van der Waals surface area contributed by atoms with Gasteiger partial charge in [-0.2, -0.15) is 0 Å². The molecule has 2 atom stereocenters. The van der Waals surface area contributed by atoms with E-state index in [-0.39, 0.29) is 23.9 Å². The standard InChI is InChI=1S/C19H31N3O/c1-14(2)18(20)19(23)22(15(3)4)17-10-11-21(13-17)12-16-8-6-5-7-9-16/h5-9,14-15,17-18H,10-13,20H2,1-4H3/t17-,18-/m0/s1. The van der Waals surface area contributed by atoms with Crippen molar-refractivity contribution in [3.05, 3.63) is 35.9 Å². The zero-order chi connectivity index (χ0) is 17.0. The Morgan fingerprint density at radius 1 is 1.26 bits per heavy atom. The van der Waals surface area contributed by atoms with E-state index in [9.17, 15) is 4.79 Å². The molecule has 0 aromatic heterocycles. The minimum Gasteiger partial charge on any atom is -0.335 e. The van der Waals surface area contributed by atoms with Crippen molar-refractivity contribution < 1.29 is 4.79 Å². The first-order valence-electron chi connectivity index (χ1n) is 8.74. The van der Waals surface area contributed by atoms with Gasteiger partial charge in [0.1, 0.15) is 0 Å². The third kappa shape index (κ3) is 4.55. The lowest BCUT2D eigenvalue weighted by Crippen LogP contribution is -2.54. The summed E-state index contributed by atoms with van der Waals surface area (Å²) < 4.78 is 0. The smallest absolute Gasteiger partial charge is 0.240 e. The van der Waals surface area contributed by atoms with E-state index in [1.165, 1.54) is 5.56 Å². The summed E-state index contributed by atoms with van der Waals surface area (Å²) in [5.74, 6) is 0.270. The predicted molar refractivity (Wildman–Crippen MR) is 94.9 cm³/mol. The number of hydrogen-bond donors (Lipinski definition) is 1. The van der Waals surface area contributed by atoms with Crippen LogP contribution >= 0.6 is 0 Å². The van der Waals surface area contributed by atoms with E-state index in [2.05, 4.69) is 43.0 Å². The molecule has 1 fully saturated rings. The molecule has 1 aliphatic rings. The number of rotatable bonds is 6. The lowest BCUT2D eigenvalue weighted by molar-refractivity contribution is -0.137. The van der Waals surface area contributed by atoms with Crippen LogP contribution in [0.2, 0.25) is 0 Å². The van der Waals surface area contributed by atoms with E-state index in [4.69, 9.17) is 5.73 Å². The van der Waals surface area contributed by atoms with Gasteiger partial charge >= 0.3 is 0 Å². The molecule has 128 valence electrons. The fourth-order valence-electron chi connectivity index (χ4n) is 3.34. The Morgan fingerprint density at radius 2 is 1.91 bits per heavy atom. The highest BCUT2D eigenvalue weighted by Gasteiger charge is 2.35. The third-order valence-corrected chi connectivity index (χ3v) is 4.70. The Hall–Kier alpha value is -1.39. The second-order valence-electron chi connectivity index (χ2n) is 7.27. The van der Waals surface area contributed by atoms with Crippen LogP contribution < -0.4 is 5.73 Å². The van der Waals surface area contributed by atoms with Gasteiger partial charge in [0.25, 0.3) is 0 Å². The second-order valence-corrected chi connectivity index (χ2v) is 7.27. The summed E-state index contributed by atoms with van der Waals surface area (Å²) in [4.78, 5) is 17.2. The largest absolute Gasteiger partial charge is 0.335 e. The van der Waals surface area contributed by atoms with Gasteiger partial charge in [-0.15, -0.1) is 0 Å². The van der Waals surface area contributed by atoms with E-state index in [1.54, 1.807) is 0 Å². The first-order valence-corrected chi connectivity index (χ1v) is 8.74. The maximum atomic E-state index is 12.8. The maximum absolute atomic E-state index is 12.8. The molecule has 2 rings (SSSR count). The fourth-order valence-corrected chi connectivity index (χ4v) is 3.34. The highest BCUT2D eigenvalue weighted by molar-refractivity contribution is 5.82. The van der Waals surface area contributed by atoms with Crippen LogP contribution in [0.25, 0.3) is 0 Å². The fraction of sp³-hybridized carbons (Fsp3) is 0.632. The SMILES string of the molecule is CC(C)[C@H](N)C(=O)N(C(C)C)[C@H]1CCN(Cc2ccccc2)C1. The van der Waals surface area contributed by atoms with Gasteiger partial charge in [-0.25, -0.2) is 0 Å². The number of carbonyl (C=O) groups is 1. The van der Waals surface area contributed by atoms with Crippen LogP contribution in [0.4, 0.5) is 0 Å². The van der Waals surface area contributed by atoms with E-state index < -0.39 is 6.04 Å². The van der Waals surface area contributed by atoms with Crippen LogP contribution in [0, 0.1) is 5.92 Å². The number of likely N-dealkylation sites (tertiary alicyclic amines) is 1. The average Bonchev–Trinajstić information content (AvgIpc) is 2.95. The average molecular weight is 317 g/mol.